The predicted molar refractivity (Wildman–Crippen MR) is 73.3 cm³/mol. The third-order valence-corrected chi connectivity index (χ3v) is 2.74. The van der Waals surface area contributed by atoms with E-state index in [2.05, 4.69) is 26.2 Å². The van der Waals surface area contributed by atoms with Crippen LogP contribution < -0.4 is 5.32 Å². The van der Waals surface area contributed by atoms with Gasteiger partial charge in [0, 0.05) is 16.7 Å². The molecule has 0 saturated carbocycles. The van der Waals surface area contributed by atoms with Crippen LogP contribution in [0, 0.1) is 0 Å². The summed E-state index contributed by atoms with van der Waals surface area (Å²) in [7, 11) is 0. The molecule has 1 N–H and O–H groups in total. The zero-order valence-electron chi connectivity index (χ0n) is 9.06. The van der Waals surface area contributed by atoms with Gasteiger partial charge in [-0.05, 0) is 40.2 Å². The summed E-state index contributed by atoms with van der Waals surface area (Å²) in [4.78, 5) is 15.5. The van der Waals surface area contributed by atoms with Gasteiger partial charge in [-0.25, -0.2) is 4.98 Å². The Morgan fingerprint density at radius 2 is 2.39 bits per heavy atom. The molecule has 18 heavy (non-hydrogen) atoms. The van der Waals surface area contributed by atoms with Crippen LogP contribution in [-0.2, 0) is 4.79 Å². The Hall–Kier alpha value is -1.59. The molecular formula is C12H8BrClN2O2. The molecule has 0 spiro atoms. The van der Waals surface area contributed by atoms with Crippen molar-refractivity contribution in [3.8, 4) is 0 Å². The highest BCUT2D eigenvalue weighted by Gasteiger charge is 2.05. The Morgan fingerprint density at radius 3 is 3.11 bits per heavy atom. The van der Waals surface area contributed by atoms with Gasteiger partial charge < -0.3 is 9.73 Å². The fraction of sp³-hybridized carbons (Fsp3) is 0. The van der Waals surface area contributed by atoms with Gasteiger partial charge in [-0.15, -0.1) is 0 Å². The van der Waals surface area contributed by atoms with Crippen LogP contribution in [0.5, 0.6) is 0 Å². The van der Waals surface area contributed by atoms with E-state index in [4.69, 9.17) is 16.0 Å². The summed E-state index contributed by atoms with van der Waals surface area (Å²) in [5.74, 6) is 0.289. The number of aromatic nitrogens is 1. The van der Waals surface area contributed by atoms with E-state index in [1.54, 1.807) is 30.5 Å². The Kier molecular flexibility index (Phi) is 4.17. The van der Waals surface area contributed by atoms with Gasteiger partial charge in [-0.3, -0.25) is 4.79 Å². The molecule has 0 unspecified atom stereocenters. The summed E-state index contributed by atoms with van der Waals surface area (Å²) in [6.07, 6.45) is 6.01. The standard InChI is InChI=1S/C12H8BrClN2O2/c13-8-6-10(12(14)15-7-8)16-11(17)4-3-9-2-1-5-18-9/h1-7H,(H,16,17)/b4-3+. The maximum absolute atomic E-state index is 11.6. The smallest absolute Gasteiger partial charge is 0.248 e. The third kappa shape index (κ3) is 3.45. The zero-order valence-corrected chi connectivity index (χ0v) is 11.4. The molecule has 6 heteroatoms. The minimum atomic E-state index is -0.312. The van der Waals surface area contributed by atoms with E-state index in [0.29, 0.717) is 11.4 Å². The first kappa shape index (κ1) is 12.9. The van der Waals surface area contributed by atoms with Crippen molar-refractivity contribution in [3.63, 3.8) is 0 Å². The zero-order chi connectivity index (χ0) is 13.0. The number of nitrogens with one attached hydrogen (secondary N) is 1. The second-order valence-electron chi connectivity index (χ2n) is 3.33. The Bertz CT molecular complexity index is 582. The Balaban J connectivity index is 2.05. The second kappa shape index (κ2) is 5.84. The van der Waals surface area contributed by atoms with Crippen molar-refractivity contribution >= 4 is 45.2 Å². The van der Waals surface area contributed by atoms with Crippen LogP contribution in [-0.4, -0.2) is 10.9 Å². The molecule has 4 nitrogen and oxygen atoms in total. The molecule has 2 aromatic rings. The lowest BCUT2D eigenvalue weighted by Gasteiger charge is -2.04. The van der Waals surface area contributed by atoms with E-state index in [0.717, 1.165) is 4.47 Å². The lowest BCUT2D eigenvalue weighted by molar-refractivity contribution is -0.111. The highest BCUT2D eigenvalue weighted by Crippen LogP contribution is 2.22. The molecule has 2 aromatic heterocycles. The summed E-state index contributed by atoms with van der Waals surface area (Å²) in [6.45, 7) is 0. The molecule has 0 bridgehead atoms. The van der Waals surface area contributed by atoms with Crippen molar-refractivity contribution in [2.75, 3.05) is 5.32 Å². The van der Waals surface area contributed by atoms with Gasteiger partial charge in [-0.2, -0.15) is 0 Å². The summed E-state index contributed by atoms with van der Waals surface area (Å²) < 4.78 is 5.80. The molecule has 0 fully saturated rings. The Labute approximate surface area is 117 Å². The molecule has 2 heterocycles. The fourth-order valence-electron chi connectivity index (χ4n) is 1.23. The molecule has 0 aliphatic carbocycles. The van der Waals surface area contributed by atoms with E-state index in [1.165, 1.54) is 12.3 Å². The molecule has 0 saturated heterocycles. The molecule has 0 aromatic carbocycles. The van der Waals surface area contributed by atoms with E-state index in [1.807, 2.05) is 0 Å². The largest absolute Gasteiger partial charge is 0.465 e. The highest BCUT2D eigenvalue weighted by molar-refractivity contribution is 9.10. The number of furan rings is 1. The molecular weight excluding hydrogens is 320 g/mol. The van der Waals surface area contributed by atoms with E-state index in [9.17, 15) is 4.79 Å². The number of rotatable bonds is 3. The van der Waals surface area contributed by atoms with Gasteiger partial charge in [0.1, 0.15) is 5.76 Å². The maximum Gasteiger partial charge on any atom is 0.248 e. The Morgan fingerprint density at radius 1 is 1.56 bits per heavy atom. The molecule has 0 radical (unpaired) electrons. The molecule has 0 aliphatic heterocycles. The van der Waals surface area contributed by atoms with Crippen LogP contribution in [0.3, 0.4) is 0 Å². The average molecular weight is 328 g/mol. The highest BCUT2D eigenvalue weighted by atomic mass is 79.9. The summed E-state index contributed by atoms with van der Waals surface area (Å²) in [5, 5.41) is 2.86. The van der Waals surface area contributed by atoms with E-state index >= 15 is 0 Å². The van der Waals surface area contributed by atoms with Crippen molar-refractivity contribution in [2.24, 2.45) is 0 Å². The van der Waals surface area contributed by atoms with Crippen LogP contribution in [0.4, 0.5) is 5.69 Å². The topological polar surface area (TPSA) is 55.1 Å². The minimum Gasteiger partial charge on any atom is -0.465 e. The lowest BCUT2D eigenvalue weighted by atomic mass is 10.3. The monoisotopic (exact) mass is 326 g/mol. The first-order valence-corrected chi connectivity index (χ1v) is 6.16. The summed E-state index contributed by atoms with van der Waals surface area (Å²) in [5.41, 5.74) is 0.445. The van der Waals surface area contributed by atoms with Crippen LogP contribution in [0.1, 0.15) is 5.76 Å². The van der Waals surface area contributed by atoms with Gasteiger partial charge in [0.2, 0.25) is 5.91 Å². The molecule has 0 atom stereocenters. The molecule has 1 amide bonds. The quantitative estimate of drug-likeness (QED) is 0.690. The van der Waals surface area contributed by atoms with Crippen molar-refractivity contribution in [2.45, 2.75) is 0 Å². The van der Waals surface area contributed by atoms with Crippen molar-refractivity contribution < 1.29 is 9.21 Å². The number of nitrogens with zero attached hydrogens (tertiary/aromatic N) is 1. The van der Waals surface area contributed by atoms with Gasteiger partial charge >= 0.3 is 0 Å². The summed E-state index contributed by atoms with van der Waals surface area (Å²) >= 11 is 9.10. The lowest BCUT2D eigenvalue weighted by Crippen LogP contribution is -2.08. The number of carbonyl (C=O) groups is 1. The van der Waals surface area contributed by atoms with Crippen LogP contribution >= 0.6 is 27.5 Å². The van der Waals surface area contributed by atoms with Crippen molar-refractivity contribution in [1.82, 2.24) is 4.98 Å². The average Bonchev–Trinajstić information content (AvgIpc) is 2.84. The van der Waals surface area contributed by atoms with Crippen LogP contribution in [0.15, 0.2) is 45.6 Å². The first-order chi connectivity index (χ1) is 8.65. The molecule has 2 rings (SSSR count). The number of hydrogen-bond donors (Lipinski definition) is 1. The number of halogens is 2. The number of carbonyl (C=O) groups excluding carboxylic acids is 1. The SMILES string of the molecule is O=C(/C=C/c1ccco1)Nc1cc(Br)cnc1Cl. The van der Waals surface area contributed by atoms with Gasteiger partial charge in [-0.1, -0.05) is 11.6 Å². The number of hydrogen-bond acceptors (Lipinski definition) is 3. The number of anilines is 1. The first-order valence-electron chi connectivity index (χ1n) is 4.99. The van der Waals surface area contributed by atoms with Crippen molar-refractivity contribution in [3.05, 3.63) is 52.1 Å². The second-order valence-corrected chi connectivity index (χ2v) is 4.60. The summed E-state index contributed by atoms with van der Waals surface area (Å²) in [6, 6.07) is 5.16. The molecule has 0 aliphatic rings. The van der Waals surface area contributed by atoms with E-state index in [-0.39, 0.29) is 11.1 Å². The van der Waals surface area contributed by atoms with Gasteiger partial charge in [0.25, 0.3) is 0 Å². The third-order valence-electron chi connectivity index (χ3n) is 2.01. The van der Waals surface area contributed by atoms with Gasteiger partial charge in [0.15, 0.2) is 5.15 Å². The predicted octanol–water partition coefficient (Wildman–Crippen LogP) is 3.74. The number of pyridine rings is 1. The van der Waals surface area contributed by atoms with Crippen LogP contribution in [0.25, 0.3) is 6.08 Å². The fourth-order valence-corrected chi connectivity index (χ4v) is 1.71. The minimum absolute atomic E-state index is 0.234. The van der Waals surface area contributed by atoms with Crippen LogP contribution in [0.2, 0.25) is 5.15 Å². The molecule has 92 valence electrons. The van der Waals surface area contributed by atoms with Crippen molar-refractivity contribution in [1.29, 1.82) is 0 Å². The number of amides is 1. The normalized spacial score (nSPS) is 10.8. The van der Waals surface area contributed by atoms with E-state index < -0.39 is 0 Å². The van der Waals surface area contributed by atoms with Gasteiger partial charge in [0.05, 0.1) is 12.0 Å². The maximum atomic E-state index is 11.6.